The molecule has 0 unspecified atom stereocenters. The van der Waals surface area contributed by atoms with E-state index in [2.05, 4.69) is 15.0 Å². The Bertz CT molecular complexity index is 718. The Labute approximate surface area is 137 Å². The maximum atomic E-state index is 12.3. The lowest BCUT2D eigenvalue weighted by molar-refractivity contribution is 0.580. The van der Waals surface area contributed by atoms with Crippen LogP contribution in [0.5, 0.6) is 0 Å². The van der Waals surface area contributed by atoms with Gasteiger partial charge in [-0.2, -0.15) is 0 Å². The number of thiazole rings is 1. The quantitative estimate of drug-likeness (QED) is 0.825. The number of nitrogens with one attached hydrogen (secondary N) is 2. The first kappa shape index (κ1) is 16.7. The normalized spacial score (nSPS) is 11.8. The van der Waals surface area contributed by atoms with Gasteiger partial charge in [-0.1, -0.05) is 23.2 Å². The summed E-state index contributed by atoms with van der Waals surface area (Å²) < 4.78 is 27.1. The zero-order chi connectivity index (χ0) is 15.5. The summed E-state index contributed by atoms with van der Waals surface area (Å²) in [6.45, 7) is 0.499. The SMILES string of the molecule is CNCc1c(Cl)ccc(S(=O)(=O)NCc2cscn2)c1Cl. The number of rotatable bonds is 6. The van der Waals surface area contributed by atoms with Crippen LogP contribution in [-0.2, 0) is 23.1 Å². The number of sulfonamides is 1. The molecule has 0 atom stereocenters. The van der Waals surface area contributed by atoms with Crippen LogP contribution in [0, 0.1) is 0 Å². The van der Waals surface area contributed by atoms with E-state index in [0.717, 1.165) is 0 Å². The van der Waals surface area contributed by atoms with Crippen molar-refractivity contribution in [2.45, 2.75) is 18.0 Å². The molecule has 0 saturated heterocycles. The fourth-order valence-corrected chi connectivity index (χ4v) is 4.16. The van der Waals surface area contributed by atoms with Crippen molar-refractivity contribution in [3.05, 3.63) is 44.3 Å². The zero-order valence-electron chi connectivity index (χ0n) is 11.1. The van der Waals surface area contributed by atoms with Crippen LogP contribution in [0.4, 0.5) is 0 Å². The third-order valence-electron chi connectivity index (χ3n) is 2.72. The Balaban J connectivity index is 2.29. The Morgan fingerprint density at radius 2 is 2.05 bits per heavy atom. The summed E-state index contributed by atoms with van der Waals surface area (Å²) in [5.41, 5.74) is 2.85. The molecule has 0 spiro atoms. The molecule has 21 heavy (non-hydrogen) atoms. The summed E-state index contributed by atoms with van der Waals surface area (Å²) in [6.07, 6.45) is 0. The van der Waals surface area contributed by atoms with Crippen molar-refractivity contribution < 1.29 is 8.42 Å². The van der Waals surface area contributed by atoms with E-state index in [1.807, 2.05) is 0 Å². The predicted octanol–water partition coefficient (Wildman–Crippen LogP) is 2.65. The minimum Gasteiger partial charge on any atom is -0.316 e. The van der Waals surface area contributed by atoms with E-state index < -0.39 is 10.0 Å². The lowest BCUT2D eigenvalue weighted by atomic mass is 10.2. The number of hydrogen-bond donors (Lipinski definition) is 2. The van der Waals surface area contributed by atoms with Gasteiger partial charge in [-0.25, -0.2) is 18.1 Å². The molecule has 1 heterocycles. The summed E-state index contributed by atoms with van der Waals surface area (Å²) in [7, 11) is -2.00. The average Bonchev–Trinajstić information content (AvgIpc) is 2.94. The van der Waals surface area contributed by atoms with Crippen molar-refractivity contribution in [3.8, 4) is 0 Å². The number of aromatic nitrogens is 1. The lowest BCUT2D eigenvalue weighted by Gasteiger charge is -2.12. The molecule has 0 bridgehead atoms. The fraction of sp³-hybridized carbons (Fsp3) is 0.250. The van der Waals surface area contributed by atoms with Crippen molar-refractivity contribution in [1.82, 2.24) is 15.0 Å². The van der Waals surface area contributed by atoms with Gasteiger partial charge in [0.1, 0.15) is 4.90 Å². The van der Waals surface area contributed by atoms with Gasteiger partial charge in [0.15, 0.2) is 0 Å². The number of nitrogens with zero attached hydrogens (tertiary/aromatic N) is 1. The summed E-state index contributed by atoms with van der Waals surface area (Å²) >= 11 is 13.6. The maximum absolute atomic E-state index is 12.3. The van der Waals surface area contributed by atoms with E-state index in [1.54, 1.807) is 17.9 Å². The van der Waals surface area contributed by atoms with Crippen molar-refractivity contribution in [2.75, 3.05) is 7.05 Å². The molecular formula is C12H13Cl2N3O2S2. The number of hydrogen-bond acceptors (Lipinski definition) is 5. The van der Waals surface area contributed by atoms with Crippen molar-refractivity contribution >= 4 is 44.6 Å². The van der Waals surface area contributed by atoms with Crippen LogP contribution < -0.4 is 10.0 Å². The summed E-state index contributed by atoms with van der Waals surface area (Å²) in [6, 6.07) is 2.92. The van der Waals surface area contributed by atoms with Crippen LogP contribution in [0.2, 0.25) is 10.0 Å². The Morgan fingerprint density at radius 1 is 1.29 bits per heavy atom. The molecule has 0 fully saturated rings. The molecule has 2 rings (SSSR count). The second-order valence-electron chi connectivity index (χ2n) is 4.17. The summed E-state index contributed by atoms with van der Waals surface area (Å²) in [5.74, 6) is 0. The molecule has 9 heteroatoms. The van der Waals surface area contributed by atoms with Crippen LogP contribution in [0.3, 0.4) is 0 Å². The lowest BCUT2D eigenvalue weighted by Crippen LogP contribution is -2.24. The largest absolute Gasteiger partial charge is 0.316 e. The second kappa shape index (κ2) is 7.04. The molecule has 0 radical (unpaired) electrons. The van der Waals surface area contributed by atoms with Crippen LogP contribution in [0.15, 0.2) is 27.9 Å². The third kappa shape index (κ3) is 3.94. The van der Waals surface area contributed by atoms with Gasteiger partial charge in [0.25, 0.3) is 0 Å². The second-order valence-corrected chi connectivity index (χ2v) is 7.41. The van der Waals surface area contributed by atoms with E-state index in [1.165, 1.54) is 23.5 Å². The number of halogens is 2. The highest BCUT2D eigenvalue weighted by atomic mass is 35.5. The monoisotopic (exact) mass is 365 g/mol. The van der Waals surface area contributed by atoms with Crippen LogP contribution in [0.25, 0.3) is 0 Å². The Morgan fingerprint density at radius 3 is 2.67 bits per heavy atom. The summed E-state index contributed by atoms with van der Waals surface area (Å²) in [4.78, 5) is 4.03. The topological polar surface area (TPSA) is 71.1 Å². The van der Waals surface area contributed by atoms with E-state index in [-0.39, 0.29) is 16.5 Å². The van der Waals surface area contributed by atoms with Crippen LogP contribution >= 0.6 is 34.5 Å². The molecule has 5 nitrogen and oxygen atoms in total. The molecule has 0 aliphatic carbocycles. The Kier molecular flexibility index (Phi) is 5.59. The molecule has 0 aliphatic heterocycles. The summed E-state index contributed by atoms with van der Waals surface area (Å²) in [5, 5.41) is 5.23. The van der Waals surface area contributed by atoms with Crippen LogP contribution in [0.1, 0.15) is 11.3 Å². The minimum atomic E-state index is -3.73. The standard InChI is InChI=1S/C12H13Cl2N3O2S2/c1-15-5-9-10(13)2-3-11(12(9)14)21(18,19)17-4-8-6-20-7-16-8/h2-3,6-7,15,17H,4-5H2,1H3. The first-order chi connectivity index (χ1) is 9.95. The van der Waals surface area contributed by atoms with Gasteiger partial charge in [0.2, 0.25) is 10.0 Å². The highest BCUT2D eigenvalue weighted by molar-refractivity contribution is 7.89. The van der Waals surface area contributed by atoms with Gasteiger partial charge in [-0.3, -0.25) is 0 Å². The van der Waals surface area contributed by atoms with Gasteiger partial charge in [0, 0.05) is 22.5 Å². The van der Waals surface area contributed by atoms with E-state index in [4.69, 9.17) is 23.2 Å². The van der Waals surface area contributed by atoms with Crippen molar-refractivity contribution in [1.29, 1.82) is 0 Å². The molecule has 0 aliphatic rings. The minimum absolute atomic E-state index is 0.00838. The molecule has 1 aromatic carbocycles. The molecule has 0 saturated carbocycles. The maximum Gasteiger partial charge on any atom is 0.242 e. The first-order valence-corrected chi connectivity index (χ1v) is 9.12. The van der Waals surface area contributed by atoms with E-state index in [9.17, 15) is 8.42 Å². The zero-order valence-corrected chi connectivity index (χ0v) is 14.2. The van der Waals surface area contributed by atoms with E-state index in [0.29, 0.717) is 22.8 Å². The van der Waals surface area contributed by atoms with E-state index >= 15 is 0 Å². The highest BCUT2D eigenvalue weighted by Crippen LogP contribution is 2.31. The Hall–Kier alpha value is -0.700. The fourth-order valence-electron chi connectivity index (χ4n) is 1.69. The molecule has 0 amide bonds. The molecule has 2 aromatic rings. The predicted molar refractivity (Wildman–Crippen MR) is 85.4 cm³/mol. The first-order valence-electron chi connectivity index (χ1n) is 5.94. The third-order valence-corrected chi connectivity index (χ3v) is 5.70. The molecule has 1 aromatic heterocycles. The van der Waals surface area contributed by atoms with Gasteiger partial charge in [0.05, 0.1) is 22.8 Å². The smallest absolute Gasteiger partial charge is 0.242 e. The van der Waals surface area contributed by atoms with Gasteiger partial charge >= 0.3 is 0 Å². The van der Waals surface area contributed by atoms with Crippen LogP contribution in [-0.4, -0.2) is 20.4 Å². The highest BCUT2D eigenvalue weighted by Gasteiger charge is 2.21. The van der Waals surface area contributed by atoms with Crippen molar-refractivity contribution in [2.24, 2.45) is 0 Å². The molecule has 114 valence electrons. The van der Waals surface area contributed by atoms with Gasteiger partial charge in [-0.05, 0) is 19.2 Å². The molecule has 2 N–H and O–H groups in total. The number of benzene rings is 1. The van der Waals surface area contributed by atoms with Gasteiger partial charge < -0.3 is 5.32 Å². The van der Waals surface area contributed by atoms with Gasteiger partial charge in [-0.15, -0.1) is 11.3 Å². The molecular weight excluding hydrogens is 353 g/mol. The van der Waals surface area contributed by atoms with Crippen molar-refractivity contribution in [3.63, 3.8) is 0 Å². The average molecular weight is 366 g/mol.